The van der Waals surface area contributed by atoms with Crippen LogP contribution >= 0.6 is 11.3 Å². The lowest BCUT2D eigenvalue weighted by atomic mass is 9.69. The van der Waals surface area contributed by atoms with Crippen LogP contribution in [0.4, 0.5) is 18.9 Å². The summed E-state index contributed by atoms with van der Waals surface area (Å²) in [5.41, 5.74) is -1.58. The molecule has 0 atom stereocenters. The van der Waals surface area contributed by atoms with Gasteiger partial charge in [0.05, 0.1) is 15.4 Å². The van der Waals surface area contributed by atoms with Gasteiger partial charge in [-0.3, -0.25) is 9.59 Å². The fraction of sp³-hybridized carbons (Fsp3) is 0.579. The Morgan fingerprint density at radius 2 is 1.92 bits per heavy atom. The maximum Gasteiger partial charge on any atom is 0.405 e. The lowest BCUT2D eigenvalue weighted by Gasteiger charge is -2.38. The summed E-state index contributed by atoms with van der Waals surface area (Å²) < 4.78 is 39.5. The van der Waals surface area contributed by atoms with E-state index in [4.69, 9.17) is 0 Å². The number of hydrogen-bond donors (Lipinski definition) is 1. The van der Waals surface area contributed by atoms with Gasteiger partial charge in [0.15, 0.2) is 6.29 Å². The van der Waals surface area contributed by atoms with E-state index in [-0.39, 0.29) is 29.5 Å². The van der Waals surface area contributed by atoms with E-state index in [1.807, 2.05) is 0 Å². The zero-order chi connectivity index (χ0) is 18.8. The van der Waals surface area contributed by atoms with Gasteiger partial charge < -0.3 is 5.32 Å². The van der Waals surface area contributed by atoms with Gasteiger partial charge in [-0.2, -0.15) is 13.2 Å². The molecule has 0 spiro atoms. The van der Waals surface area contributed by atoms with Crippen LogP contribution in [0.5, 0.6) is 0 Å². The molecular weight excluding hydrogens is 363 g/mol. The summed E-state index contributed by atoms with van der Waals surface area (Å²) >= 11 is 1.01. The second-order valence-corrected chi connectivity index (χ2v) is 8.10. The number of nitrogens with one attached hydrogen (secondary N) is 1. The molecule has 1 aromatic heterocycles. The molecule has 140 valence electrons. The Morgan fingerprint density at radius 3 is 2.46 bits per heavy atom. The zero-order valence-corrected chi connectivity index (χ0v) is 15.1. The van der Waals surface area contributed by atoms with E-state index < -0.39 is 11.6 Å². The highest BCUT2D eigenvalue weighted by Crippen LogP contribution is 2.52. The first-order valence-electron chi connectivity index (χ1n) is 8.84. The van der Waals surface area contributed by atoms with Crippen molar-refractivity contribution >= 4 is 29.2 Å². The number of rotatable bonds is 3. The van der Waals surface area contributed by atoms with E-state index in [2.05, 4.69) is 17.2 Å². The third-order valence-electron chi connectivity index (χ3n) is 5.28. The monoisotopic (exact) mass is 383 g/mol. The molecule has 3 nitrogen and oxygen atoms in total. The summed E-state index contributed by atoms with van der Waals surface area (Å²) in [4.78, 5) is 24.2. The van der Waals surface area contributed by atoms with Gasteiger partial charge in [-0.1, -0.05) is 31.1 Å². The summed E-state index contributed by atoms with van der Waals surface area (Å²) in [5, 5.41) is 2.76. The van der Waals surface area contributed by atoms with Gasteiger partial charge >= 0.3 is 6.18 Å². The Balaban J connectivity index is 1.76. The maximum absolute atomic E-state index is 13.2. The van der Waals surface area contributed by atoms with E-state index in [1.165, 1.54) is 6.07 Å². The van der Waals surface area contributed by atoms with E-state index in [9.17, 15) is 22.8 Å². The predicted octanol–water partition coefficient (Wildman–Crippen LogP) is 5.16. The molecule has 1 amide bonds. The number of carbonyl (C=O) groups is 2. The van der Waals surface area contributed by atoms with Crippen LogP contribution in [0, 0.1) is 23.2 Å². The lowest BCUT2D eigenvalue weighted by molar-refractivity contribution is -0.225. The summed E-state index contributed by atoms with van der Waals surface area (Å²) in [6, 6.07) is 1.50. The minimum atomic E-state index is -4.35. The number of halogens is 3. The van der Waals surface area contributed by atoms with E-state index >= 15 is 0 Å². The van der Waals surface area contributed by atoms with Gasteiger partial charge in [0, 0.05) is 5.92 Å². The number of carbonyl (C=O) groups excluding carboxylic acids is 2. The van der Waals surface area contributed by atoms with Crippen LogP contribution in [0.15, 0.2) is 6.07 Å². The molecule has 2 aliphatic rings. The number of amides is 1. The Labute approximate surface area is 154 Å². The highest BCUT2D eigenvalue weighted by Gasteiger charge is 2.57. The molecule has 0 aromatic carbocycles. The fourth-order valence-corrected chi connectivity index (χ4v) is 4.23. The molecule has 7 heteroatoms. The number of thiophene rings is 1. The molecule has 2 fully saturated rings. The molecule has 1 N–H and O–H groups in total. The van der Waals surface area contributed by atoms with Crippen LogP contribution in [0.3, 0.4) is 0 Å². The molecule has 0 bridgehead atoms. The number of alkyl halides is 3. The normalized spacial score (nSPS) is 19.8. The van der Waals surface area contributed by atoms with Gasteiger partial charge in [-0.25, -0.2) is 0 Å². The van der Waals surface area contributed by atoms with Crippen LogP contribution in [0.25, 0.3) is 0 Å². The molecule has 1 aromatic rings. The van der Waals surface area contributed by atoms with Crippen molar-refractivity contribution in [2.75, 3.05) is 5.32 Å². The smallest absolute Gasteiger partial charge is 0.324 e. The number of hydrogen-bond acceptors (Lipinski definition) is 3. The van der Waals surface area contributed by atoms with Gasteiger partial charge in [0.2, 0.25) is 5.91 Å². The first kappa shape index (κ1) is 19.0. The van der Waals surface area contributed by atoms with Crippen LogP contribution in [-0.4, -0.2) is 18.4 Å². The Morgan fingerprint density at radius 1 is 1.23 bits per heavy atom. The lowest BCUT2D eigenvalue weighted by Crippen LogP contribution is -2.42. The number of aldehydes is 1. The quantitative estimate of drug-likeness (QED) is 0.579. The molecule has 0 saturated heterocycles. The van der Waals surface area contributed by atoms with Crippen LogP contribution in [0.1, 0.15) is 65.9 Å². The largest absolute Gasteiger partial charge is 0.405 e. The average Bonchev–Trinajstić information content (AvgIpc) is 2.95. The van der Waals surface area contributed by atoms with Crippen molar-refractivity contribution in [1.29, 1.82) is 0 Å². The fourth-order valence-electron chi connectivity index (χ4n) is 3.44. The third kappa shape index (κ3) is 3.80. The molecule has 0 aliphatic heterocycles. The first-order chi connectivity index (χ1) is 12.3. The van der Waals surface area contributed by atoms with Crippen LogP contribution in [-0.2, 0) is 4.79 Å². The Kier molecular flexibility index (Phi) is 5.42. The van der Waals surface area contributed by atoms with Crippen molar-refractivity contribution in [1.82, 2.24) is 0 Å². The summed E-state index contributed by atoms with van der Waals surface area (Å²) in [5.74, 6) is 4.76. The van der Waals surface area contributed by atoms with Gasteiger partial charge in [0.1, 0.15) is 5.41 Å². The average molecular weight is 383 g/mol. The maximum atomic E-state index is 13.2. The minimum absolute atomic E-state index is 0.0146. The zero-order valence-electron chi connectivity index (χ0n) is 14.2. The van der Waals surface area contributed by atoms with Crippen molar-refractivity contribution in [2.24, 2.45) is 11.3 Å². The molecule has 0 radical (unpaired) electrons. The van der Waals surface area contributed by atoms with Crippen molar-refractivity contribution < 1.29 is 22.8 Å². The Hall–Kier alpha value is -1.81. The second kappa shape index (κ2) is 7.43. The summed E-state index contributed by atoms with van der Waals surface area (Å²) in [7, 11) is 0. The summed E-state index contributed by atoms with van der Waals surface area (Å²) in [6.45, 7) is 0. The highest BCUT2D eigenvalue weighted by molar-refractivity contribution is 7.14. The molecule has 1 heterocycles. The minimum Gasteiger partial charge on any atom is -0.324 e. The molecule has 26 heavy (non-hydrogen) atoms. The van der Waals surface area contributed by atoms with Crippen molar-refractivity contribution in [2.45, 2.75) is 57.5 Å². The number of anilines is 1. The molecule has 2 saturated carbocycles. The van der Waals surface area contributed by atoms with Gasteiger partial charge in [-0.05, 0) is 38.2 Å². The third-order valence-corrected chi connectivity index (χ3v) is 6.25. The van der Waals surface area contributed by atoms with Crippen LogP contribution in [0.2, 0.25) is 0 Å². The SMILES string of the molecule is O=Cc1sc(C#CC2(C(F)(F)F)CCC2)cc1NC(=O)C1CCCCC1. The van der Waals surface area contributed by atoms with Crippen molar-refractivity contribution in [3.05, 3.63) is 15.8 Å². The molecule has 3 rings (SSSR count). The first-order valence-corrected chi connectivity index (χ1v) is 9.66. The predicted molar refractivity (Wildman–Crippen MR) is 94.1 cm³/mol. The summed E-state index contributed by atoms with van der Waals surface area (Å²) in [6.07, 6.45) is 1.61. The van der Waals surface area contributed by atoms with Crippen molar-refractivity contribution in [3.63, 3.8) is 0 Å². The topological polar surface area (TPSA) is 46.2 Å². The van der Waals surface area contributed by atoms with Crippen LogP contribution < -0.4 is 5.32 Å². The second-order valence-electron chi connectivity index (χ2n) is 7.01. The van der Waals surface area contributed by atoms with E-state index in [0.29, 0.717) is 23.3 Å². The van der Waals surface area contributed by atoms with Gasteiger partial charge in [0.25, 0.3) is 0 Å². The molecule has 2 aliphatic carbocycles. The standard InChI is InChI=1S/C19H20F3NO2S/c20-19(21,22)18(8-4-9-18)10-7-14-11-15(16(12-24)26-14)23-17(25)13-5-2-1-3-6-13/h11-13H,1-6,8-9H2,(H,23,25). The van der Waals surface area contributed by atoms with E-state index in [1.54, 1.807) is 0 Å². The molecule has 0 unspecified atom stereocenters. The van der Waals surface area contributed by atoms with Gasteiger partial charge in [-0.15, -0.1) is 11.3 Å². The molecular formula is C19H20F3NO2S. The Bertz CT molecular complexity index is 747. The van der Waals surface area contributed by atoms with Crippen molar-refractivity contribution in [3.8, 4) is 11.8 Å². The highest BCUT2D eigenvalue weighted by atomic mass is 32.1. The van der Waals surface area contributed by atoms with E-state index in [0.717, 1.165) is 43.4 Å².